The van der Waals surface area contributed by atoms with Crippen molar-refractivity contribution >= 4 is 23.6 Å². The molecular formula is C22H25N4O2. The van der Waals surface area contributed by atoms with Crippen LogP contribution in [0.1, 0.15) is 29.7 Å². The summed E-state index contributed by atoms with van der Waals surface area (Å²) >= 11 is 0. The van der Waals surface area contributed by atoms with Crippen LogP contribution in [-0.2, 0) is 16.0 Å². The van der Waals surface area contributed by atoms with E-state index in [2.05, 4.69) is 27.7 Å². The predicted octanol–water partition coefficient (Wildman–Crippen LogP) is 1.75. The minimum atomic E-state index is -0.809. The van der Waals surface area contributed by atoms with E-state index in [0.29, 0.717) is 12.0 Å². The van der Waals surface area contributed by atoms with E-state index in [9.17, 15) is 9.59 Å². The van der Waals surface area contributed by atoms with Crippen molar-refractivity contribution in [2.75, 3.05) is 36.4 Å². The number of anilines is 2. The Morgan fingerprint density at radius 3 is 2.71 bits per heavy atom. The molecule has 1 radical (unpaired) electrons. The summed E-state index contributed by atoms with van der Waals surface area (Å²) in [5.74, 6) is -0.358. The number of hydrogen-bond donors (Lipinski definition) is 3. The summed E-state index contributed by atoms with van der Waals surface area (Å²) in [6.45, 7) is 5.75. The van der Waals surface area contributed by atoms with Crippen molar-refractivity contribution in [1.29, 1.82) is 0 Å². The van der Waals surface area contributed by atoms with E-state index in [1.807, 2.05) is 31.4 Å². The van der Waals surface area contributed by atoms with Crippen molar-refractivity contribution in [3.63, 3.8) is 0 Å². The monoisotopic (exact) mass is 377 g/mol. The normalized spacial score (nSPS) is 24.2. The minimum Gasteiger partial charge on any atom is -0.377 e. The van der Waals surface area contributed by atoms with Gasteiger partial charge < -0.3 is 21.3 Å². The van der Waals surface area contributed by atoms with Crippen LogP contribution in [0.3, 0.4) is 0 Å². The number of carbonyl (C=O) groups is 1. The third-order valence-corrected chi connectivity index (χ3v) is 5.97. The van der Waals surface area contributed by atoms with Crippen LogP contribution in [0.4, 0.5) is 11.4 Å². The van der Waals surface area contributed by atoms with Gasteiger partial charge in [-0.1, -0.05) is 12.1 Å². The average Bonchev–Trinajstić information content (AvgIpc) is 2.73. The molecule has 2 aliphatic rings. The summed E-state index contributed by atoms with van der Waals surface area (Å²) in [5, 5.41) is 6.87. The summed E-state index contributed by atoms with van der Waals surface area (Å²) in [7, 11) is 0. The molecule has 2 aromatic rings. The zero-order valence-electron chi connectivity index (χ0n) is 16.0. The van der Waals surface area contributed by atoms with E-state index in [1.165, 1.54) is 0 Å². The molecule has 1 amide bonds. The number of nitrogens with one attached hydrogen (secondary N) is 2. The molecule has 0 spiro atoms. The molecule has 2 heterocycles. The molecule has 1 saturated heterocycles. The van der Waals surface area contributed by atoms with E-state index < -0.39 is 5.41 Å². The van der Waals surface area contributed by atoms with Crippen molar-refractivity contribution in [1.82, 2.24) is 5.32 Å². The average molecular weight is 377 g/mol. The highest BCUT2D eigenvalue weighted by Gasteiger charge is 2.44. The molecule has 0 bridgehead atoms. The molecule has 145 valence electrons. The lowest BCUT2D eigenvalue weighted by Crippen LogP contribution is -2.47. The fourth-order valence-electron chi connectivity index (χ4n) is 4.26. The lowest BCUT2D eigenvalue weighted by atomic mass is 9.70. The van der Waals surface area contributed by atoms with Crippen molar-refractivity contribution in [3.05, 3.63) is 59.2 Å². The number of nitrogens with two attached hydrogens (primary N) is 1. The van der Waals surface area contributed by atoms with Crippen LogP contribution in [0.2, 0.25) is 0 Å². The molecule has 4 rings (SSSR count). The van der Waals surface area contributed by atoms with Gasteiger partial charge in [0.05, 0.1) is 11.5 Å². The van der Waals surface area contributed by atoms with E-state index in [-0.39, 0.29) is 11.9 Å². The number of piperazine rings is 1. The Labute approximate surface area is 165 Å². The van der Waals surface area contributed by atoms with Gasteiger partial charge in [0.1, 0.15) is 0 Å². The Bertz CT molecular complexity index is 907. The van der Waals surface area contributed by atoms with Gasteiger partial charge in [0.15, 0.2) is 0 Å². The standard InChI is InChI=1S/C22H25N4O2/c1-22(21(23)28)13-17-11-15(14-27)5-6-19(17)25-20(22)16-3-2-4-18(12-16)26-9-7-24-8-10-26/h2-6,11-12,20,24-25H,7-10,13H2,1H3,(H2,23,28). The SMILES string of the molecule is CC1(C(N)=O)Cc2cc([C]=O)ccc2NC1c1cccc(N2CCNCC2)c1. The zero-order chi connectivity index (χ0) is 19.7. The lowest BCUT2D eigenvalue weighted by molar-refractivity contribution is -0.127. The molecule has 0 aliphatic carbocycles. The number of nitrogens with zero attached hydrogens (tertiary/aromatic N) is 1. The van der Waals surface area contributed by atoms with Crippen LogP contribution >= 0.6 is 0 Å². The van der Waals surface area contributed by atoms with Gasteiger partial charge in [-0.2, -0.15) is 0 Å². The van der Waals surface area contributed by atoms with Gasteiger partial charge in [-0.15, -0.1) is 0 Å². The lowest BCUT2D eigenvalue weighted by Gasteiger charge is -2.42. The first-order valence-electron chi connectivity index (χ1n) is 9.64. The smallest absolute Gasteiger partial charge is 0.233 e. The second-order valence-corrected chi connectivity index (χ2v) is 7.84. The van der Waals surface area contributed by atoms with E-state index in [4.69, 9.17) is 5.73 Å². The Morgan fingerprint density at radius 1 is 1.21 bits per heavy atom. The molecule has 0 aromatic heterocycles. The molecule has 6 nitrogen and oxygen atoms in total. The van der Waals surface area contributed by atoms with Gasteiger partial charge in [-0.3, -0.25) is 9.59 Å². The molecule has 0 saturated carbocycles. The molecule has 1 fully saturated rings. The molecule has 28 heavy (non-hydrogen) atoms. The highest BCUT2D eigenvalue weighted by molar-refractivity contribution is 5.85. The Hall–Kier alpha value is -2.86. The van der Waals surface area contributed by atoms with Crippen LogP contribution in [0.15, 0.2) is 42.5 Å². The first-order valence-corrected chi connectivity index (χ1v) is 9.64. The largest absolute Gasteiger partial charge is 0.377 e. The van der Waals surface area contributed by atoms with Gasteiger partial charge in [0.25, 0.3) is 0 Å². The van der Waals surface area contributed by atoms with Gasteiger partial charge in [-0.25, -0.2) is 0 Å². The molecular weight excluding hydrogens is 352 g/mol. The van der Waals surface area contributed by atoms with Gasteiger partial charge in [0.2, 0.25) is 12.2 Å². The van der Waals surface area contributed by atoms with Crippen molar-refractivity contribution in [2.45, 2.75) is 19.4 Å². The number of primary amides is 1. The summed E-state index contributed by atoms with van der Waals surface area (Å²) in [4.78, 5) is 25.9. The first-order chi connectivity index (χ1) is 13.5. The van der Waals surface area contributed by atoms with Crippen LogP contribution in [0.25, 0.3) is 0 Å². The van der Waals surface area contributed by atoms with Gasteiger partial charge in [-0.05, 0) is 54.8 Å². The van der Waals surface area contributed by atoms with Crippen LogP contribution in [-0.4, -0.2) is 38.4 Å². The van der Waals surface area contributed by atoms with E-state index >= 15 is 0 Å². The summed E-state index contributed by atoms with van der Waals surface area (Å²) in [5.41, 5.74) is 9.56. The molecule has 2 unspecified atom stereocenters. The molecule has 2 aliphatic heterocycles. The summed E-state index contributed by atoms with van der Waals surface area (Å²) < 4.78 is 0. The second kappa shape index (κ2) is 7.28. The number of fused-ring (bicyclic) bond motifs is 1. The number of rotatable bonds is 4. The summed E-state index contributed by atoms with van der Waals surface area (Å²) in [6.07, 6.45) is 2.39. The van der Waals surface area contributed by atoms with Crippen molar-refractivity contribution in [3.8, 4) is 0 Å². The minimum absolute atomic E-state index is 0.244. The van der Waals surface area contributed by atoms with Crippen LogP contribution in [0.5, 0.6) is 0 Å². The maximum atomic E-state index is 12.5. The highest BCUT2D eigenvalue weighted by Crippen LogP contribution is 2.45. The van der Waals surface area contributed by atoms with E-state index in [0.717, 1.165) is 48.7 Å². The second-order valence-electron chi connectivity index (χ2n) is 7.84. The molecule has 6 heteroatoms. The third kappa shape index (κ3) is 3.24. The molecule has 2 atom stereocenters. The molecule has 2 aromatic carbocycles. The number of benzene rings is 2. The van der Waals surface area contributed by atoms with Gasteiger partial charge >= 0.3 is 0 Å². The number of carbonyl (C=O) groups excluding carboxylic acids is 2. The Morgan fingerprint density at radius 2 is 2.00 bits per heavy atom. The maximum Gasteiger partial charge on any atom is 0.233 e. The Kier molecular flexibility index (Phi) is 4.81. The number of amides is 1. The first kappa shape index (κ1) is 18.5. The van der Waals surface area contributed by atoms with E-state index in [1.54, 1.807) is 12.1 Å². The van der Waals surface area contributed by atoms with Crippen molar-refractivity contribution < 1.29 is 9.59 Å². The fourth-order valence-corrected chi connectivity index (χ4v) is 4.26. The zero-order valence-corrected chi connectivity index (χ0v) is 16.0. The third-order valence-electron chi connectivity index (χ3n) is 5.97. The topological polar surface area (TPSA) is 87.5 Å². The van der Waals surface area contributed by atoms with Crippen LogP contribution in [0, 0.1) is 5.41 Å². The van der Waals surface area contributed by atoms with Crippen LogP contribution < -0.4 is 21.3 Å². The van der Waals surface area contributed by atoms with Gasteiger partial charge in [0, 0.05) is 43.1 Å². The number of hydrogen-bond acceptors (Lipinski definition) is 5. The fraction of sp³-hybridized carbons (Fsp3) is 0.364. The van der Waals surface area contributed by atoms with Crippen molar-refractivity contribution in [2.24, 2.45) is 11.1 Å². The maximum absolute atomic E-state index is 12.5. The molecule has 4 N–H and O–H groups in total. The predicted molar refractivity (Wildman–Crippen MR) is 110 cm³/mol. The highest BCUT2D eigenvalue weighted by atomic mass is 16.1. The Balaban J connectivity index is 1.72. The summed E-state index contributed by atoms with van der Waals surface area (Å²) in [6, 6.07) is 13.5. The quantitative estimate of drug-likeness (QED) is 0.756.